The van der Waals surface area contributed by atoms with Crippen molar-refractivity contribution in [1.82, 2.24) is 0 Å². The van der Waals surface area contributed by atoms with Crippen molar-refractivity contribution >= 4 is 17.4 Å². The summed E-state index contributed by atoms with van der Waals surface area (Å²) in [6.07, 6.45) is 0.708. The van der Waals surface area contributed by atoms with Crippen molar-refractivity contribution in [2.75, 3.05) is 0 Å². The summed E-state index contributed by atoms with van der Waals surface area (Å²) in [6, 6.07) is 1.67. The fourth-order valence-corrected chi connectivity index (χ4v) is 0.402. The molecule has 0 aromatic rings. The van der Waals surface area contributed by atoms with Crippen LogP contribution in [0, 0.1) is 11.3 Å². The molecule has 2 nitrogen and oxygen atoms in total. The summed E-state index contributed by atoms with van der Waals surface area (Å²) in [5.74, 6) is 0. The van der Waals surface area contributed by atoms with Gasteiger partial charge < -0.3 is 0 Å². The van der Waals surface area contributed by atoms with Gasteiger partial charge in [0.1, 0.15) is 6.04 Å². The summed E-state index contributed by atoms with van der Waals surface area (Å²) >= 11 is 4.29. The topological polar surface area (TPSA) is 36.1 Å². The molecule has 0 saturated heterocycles. The lowest BCUT2D eigenvalue weighted by atomic mass is 10.3. The molecule has 0 amide bonds. The molecule has 0 radical (unpaired) electrons. The normalized spacial score (nSPS) is 11.0. The van der Waals surface area contributed by atoms with Gasteiger partial charge in [-0.3, -0.25) is 0 Å². The number of aliphatic imine (C=N–C) groups is 1. The minimum atomic E-state index is -0.285. The zero-order chi connectivity index (χ0) is 6.41. The largest absolute Gasteiger partial charge is 0.214 e. The van der Waals surface area contributed by atoms with E-state index in [4.69, 9.17) is 5.26 Å². The monoisotopic (exact) mass is 126 g/mol. The van der Waals surface area contributed by atoms with Gasteiger partial charge in [-0.2, -0.15) is 5.26 Å². The highest BCUT2D eigenvalue weighted by Gasteiger charge is 1.95. The Bertz CT molecular complexity index is 141. The Hall–Kier alpha value is -0.710. The molecule has 0 N–H and O–H groups in total. The third-order valence-electron chi connectivity index (χ3n) is 0.744. The molecule has 3 heteroatoms. The highest BCUT2D eigenvalue weighted by molar-refractivity contribution is 7.78. The molecule has 0 fully saturated rings. The van der Waals surface area contributed by atoms with E-state index in [0.717, 1.165) is 0 Å². The van der Waals surface area contributed by atoms with Crippen molar-refractivity contribution in [3.63, 3.8) is 0 Å². The molecular formula is C5H6N2S. The summed E-state index contributed by atoms with van der Waals surface area (Å²) in [5.41, 5.74) is 0. The lowest BCUT2D eigenvalue weighted by molar-refractivity contribution is 0.803. The molecule has 0 aliphatic rings. The molecule has 0 aliphatic carbocycles. The maximum absolute atomic E-state index is 8.23. The van der Waals surface area contributed by atoms with E-state index in [9.17, 15) is 0 Å². The van der Waals surface area contributed by atoms with Crippen LogP contribution in [-0.4, -0.2) is 11.2 Å². The van der Waals surface area contributed by atoms with Crippen molar-refractivity contribution in [1.29, 1.82) is 5.26 Å². The summed E-state index contributed by atoms with van der Waals surface area (Å²) < 4.78 is 0. The molecule has 0 spiro atoms. The average molecular weight is 126 g/mol. The molecule has 1 atom stereocenters. The number of thiocarbonyl (C=S) groups is 1. The number of isothiocyanates is 1. The Kier molecular flexibility index (Phi) is 4.05. The number of nitriles is 1. The van der Waals surface area contributed by atoms with Gasteiger partial charge in [0, 0.05) is 0 Å². The van der Waals surface area contributed by atoms with E-state index >= 15 is 0 Å². The highest BCUT2D eigenvalue weighted by Crippen LogP contribution is 1.91. The van der Waals surface area contributed by atoms with Gasteiger partial charge in [0.05, 0.1) is 11.2 Å². The molecule has 0 saturated carbocycles. The van der Waals surface area contributed by atoms with Crippen LogP contribution in [0.1, 0.15) is 13.3 Å². The van der Waals surface area contributed by atoms with Crippen molar-refractivity contribution < 1.29 is 0 Å². The molecule has 0 heterocycles. The van der Waals surface area contributed by atoms with Gasteiger partial charge in [-0.05, 0) is 18.6 Å². The van der Waals surface area contributed by atoms with Crippen molar-refractivity contribution in [3.8, 4) is 6.07 Å². The SMILES string of the molecule is CCC(C#N)N=C=S. The Morgan fingerprint density at radius 1 is 1.88 bits per heavy atom. The number of rotatable bonds is 2. The second kappa shape index (κ2) is 4.45. The van der Waals surface area contributed by atoms with Gasteiger partial charge in [-0.25, -0.2) is 4.99 Å². The van der Waals surface area contributed by atoms with E-state index in [2.05, 4.69) is 22.4 Å². The van der Waals surface area contributed by atoms with Crippen LogP contribution in [-0.2, 0) is 0 Å². The van der Waals surface area contributed by atoms with Crippen LogP contribution in [0.3, 0.4) is 0 Å². The summed E-state index contributed by atoms with van der Waals surface area (Å²) in [5, 5.41) is 10.4. The first-order chi connectivity index (χ1) is 3.85. The highest BCUT2D eigenvalue weighted by atomic mass is 32.1. The fourth-order valence-electron chi connectivity index (χ4n) is 0.275. The Morgan fingerprint density at radius 2 is 2.50 bits per heavy atom. The van der Waals surface area contributed by atoms with Crippen LogP contribution in [0.2, 0.25) is 0 Å². The number of hydrogen-bond acceptors (Lipinski definition) is 3. The van der Waals surface area contributed by atoms with Gasteiger partial charge in [0.2, 0.25) is 0 Å². The van der Waals surface area contributed by atoms with Gasteiger partial charge in [0.15, 0.2) is 0 Å². The van der Waals surface area contributed by atoms with E-state index in [1.165, 1.54) is 0 Å². The van der Waals surface area contributed by atoms with Crippen LogP contribution < -0.4 is 0 Å². The lowest BCUT2D eigenvalue weighted by Crippen LogP contribution is -1.95. The van der Waals surface area contributed by atoms with Crippen LogP contribution >= 0.6 is 12.2 Å². The maximum atomic E-state index is 8.23. The van der Waals surface area contributed by atoms with Crippen LogP contribution in [0.15, 0.2) is 4.99 Å². The molecule has 42 valence electrons. The minimum absolute atomic E-state index is 0.285. The van der Waals surface area contributed by atoms with Crippen molar-refractivity contribution in [3.05, 3.63) is 0 Å². The molecule has 0 rings (SSSR count). The van der Waals surface area contributed by atoms with Crippen LogP contribution in [0.25, 0.3) is 0 Å². The first-order valence-electron chi connectivity index (χ1n) is 2.31. The first kappa shape index (κ1) is 7.29. The van der Waals surface area contributed by atoms with Crippen LogP contribution in [0.4, 0.5) is 0 Å². The molecular weight excluding hydrogens is 120 g/mol. The van der Waals surface area contributed by atoms with E-state index in [0.29, 0.717) is 6.42 Å². The molecule has 0 aromatic heterocycles. The number of nitrogens with zero attached hydrogens (tertiary/aromatic N) is 2. The van der Waals surface area contributed by atoms with Crippen molar-refractivity contribution in [2.45, 2.75) is 19.4 Å². The Labute approximate surface area is 53.8 Å². The van der Waals surface area contributed by atoms with E-state index in [1.807, 2.05) is 13.0 Å². The molecule has 8 heavy (non-hydrogen) atoms. The standard InChI is InChI=1S/C5H6N2S/c1-2-5(3-6)7-4-8/h5H,2H2,1H3. The summed E-state index contributed by atoms with van der Waals surface area (Å²) in [4.78, 5) is 3.56. The molecule has 0 bridgehead atoms. The van der Waals surface area contributed by atoms with Gasteiger partial charge >= 0.3 is 0 Å². The Morgan fingerprint density at radius 3 is 2.62 bits per heavy atom. The predicted octanol–water partition coefficient (Wildman–Crippen LogP) is 1.39. The molecule has 0 aromatic carbocycles. The van der Waals surface area contributed by atoms with E-state index in [-0.39, 0.29) is 6.04 Å². The lowest BCUT2D eigenvalue weighted by Gasteiger charge is -1.89. The third-order valence-corrected chi connectivity index (χ3v) is 0.850. The number of hydrogen-bond donors (Lipinski definition) is 0. The van der Waals surface area contributed by atoms with Gasteiger partial charge in [-0.1, -0.05) is 6.92 Å². The third kappa shape index (κ3) is 2.46. The van der Waals surface area contributed by atoms with E-state index in [1.54, 1.807) is 0 Å². The smallest absolute Gasteiger partial charge is 0.146 e. The summed E-state index contributed by atoms with van der Waals surface area (Å²) in [7, 11) is 0. The average Bonchev–Trinajstić information content (AvgIpc) is 1.83. The quantitative estimate of drug-likeness (QED) is 0.414. The zero-order valence-corrected chi connectivity index (χ0v) is 5.40. The molecule has 0 aliphatic heterocycles. The fraction of sp³-hybridized carbons (Fsp3) is 0.600. The van der Waals surface area contributed by atoms with Gasteiger partial charge in [-0.15, -0.1) is 0 Å². The van der Waals surface area contributed by atoms with Gasteiger partial charge in [0.25, 0.3) is 0 Å². The summed E-state index contributed by atoms with van der Waals surface area (Å²) in [6.45, 7) is 1.88. The Balaban J connectivity index is 3.75. The second-order valence-electron chi connectivity index (χ2n) is 1.27. The van der Waals surface area contributed by atoms with Crippen molar-refractivity contribution in [2.24, 2.45) is 4.99 Å². The zero-order valence-electron chi connectivity index (χ0n) is 4.59. The molecule has 1 unspecified atom stereocenters. The van der Waals surface area contributed by atoms with Crippen LogP contribution in [0.5, 0.6) is 0 Å². The second-order valence-corrected chi connectivity index (χ2v) is 1.46. The first-order valence-corrected chi connectivity index (χ1v) is 2.72. The van der Waals surface area contributed by atoms with E-state index < -0.39 is 0 Å². The predicted molar refractivity (Wildman–Crippen MR) is 34.7 cm³/mol. The maximum Gasteiger partial charge on any atom is 0.146 e. The minimum Gasteiger partial charge on any atom is -0.214 e.